The molecule has 5 N–H and O–H groups in total. The molecule has 3 nitrogen and oxygen atoms in total. The number of unbranched alkanes of at least 4 members (excludes halogenated alkanes) is 19. The van der Waals surface area contributed by atoms with Crippen molar-refractivity contribution in [2.24, 2.45) is 11.5 Å². The molecule has 0 heterocycles. The lowest BCUT2D eigenvalue weighted by Gasteiger charge is -2.16. The highest BCUT2D eigenvalue weighted by Crippen LogP contribution is 2.16. The van der Waals surface area contributed by atoms with Gasteiger partial charge in [0.15, 0.2) is 0 Å². The summed E-state index contributed by atoms with van der Waals surface area (Å²) in [6.07, 6.45) is 30.8. The summed E-state index contributed by atoms with van der Waals surface area (Å²) in [6.45, 7) is 3.12. The summed E-state index contributed by atoms with van der Waals surface area (Å²) in [5.74, 6) is 0. The Kier molecular flexibility index (Phi) is 26.0. The van der Waals surface area contributed by atoms with Crippen molar-refractivity contribution >= 4 is 0 Å². The molecule has 0 radical (unpaired) electrons. The summed E-state index contributed by atoms with van der Waals surface area (Å²) >= 11 is 0. The molecule has 0 aromatic heterocycles. The number of aliphatic hydroxyl groups excluding tert-OH is 1. The van der Waals surface area contributed by atoms with Crippen LogP contribution in [-0.4, -0.2) is 23.8 Å². The zero-order valence-corrected chi connectivity index (χ0v) is 21.4. The molecule has 0 saturated heterocycles. The van der Waals surface area contributed by atoms with Crippen LogP contribution in [0, 0.1) is 0 Å². The van der Waals surface area contributed by atoms with Crippen molar-refractivity contribution in [2.45, 2.75) is 173 Å². The van der Waals surface area contributed by atoms with Crippen LogP contribution in [0.1, 0.15) is 161 Å². The summed E-state index contributed by atoms with van der Waals surface area (Å²) in [4.78, 5) is 0. The van der Waals surface area contributed by atoms with Gasteiger partial charge in [0, 0.05) is 6.04 Å². The Morgan fingerprint density at radius 1 is 0.516 bits per heavy atom. The Morgan fingerprint density at radius 2 is 0.871 bits per heavy atom. The first-order valence-corrected chi connectivity index (χ1v) is 14.3. The lowest BCUT2D eigenvalue weighted by molar-refractivity contribution is 0.140. The van der Waals surface area contributed by atoms with Crippen LogP contribution in [0.5, 0.6) is 0 Å². The first-order chi connectivity index (χ1) is 15.2. The van der Waals surface area contributed by atoms with E-state index in [0.29, 0.717) is 0 Å². The van der Waals surface area contributed by atoms with E-state index in [1.807, 2.05) is 0 Å². The monoisotopic (exact) mass is 440 g/mol. The van der Waals surface area contributed by atoms with Gasteiger partial charge in [-0.3, -0.25) is 0 Å². The summed E-state index contributed by atoms with van der Waals surface area (Å²) in [5, 5.41) is 10.3. The number of rotatable bonds is 26. The minimum absolute atomic E-state index is 0.184. The van der Waals surface area contributed by atoms with E-state index in [2.05, 4.69) is 6.92 Å². The third-order valence-electron chi connectivity index (χ3n) is 6.74. The smallest absolute Gasteiger partial charge is 0.0555 e. The molecular weight excluding hydrogens is 380 g/mol. The highest BCUT2D eigenvalue weighted by Gasteiger charge is 2.10. The van der Waals surface area contributed by atoms with E-state index in [1.54, 1.807) is 0 Å². The van der Waals surface area contributed by atoms with Gasteiger partial charge in [0.25, 0.3) is 0 Å². The molecule has 0 amide bonds. The van der Waals surface area contributed by atoms with Gasteiger partial charge in [-0.25, -0.2) is 0 Å². The molecule has 3 heteroatoms. The van der Waals surface area contributed by atoms with Crippen molar-refractivity contribution in [3.63, 3.8) is 0 Å². The molecule has 0 fully saturated rings. The zero-order valence-electron chi connectivity index (χ0n) is 21.4. The minimum atomic E-state index is -0.188. The third kappa shape index (κ3) is 26.0. The van der Waals surface area contributed by atoms with E-state index >= 15 is 0 Å². The maximum atomic E-state index is 10.3. The van der Waals surface area contributed by atoms with Crippen molar-refractivity contribution < 1.29 is 5.11 Å². The molecule has 0 aliphatic carbocycles. The quantitative estimate of drug-likeness (QED) is 0.119. The van der Waals surface area contributed by atoms with Crippen LogP contribution in [0.4, 0.5) is 0 Å². The van der Waals surface area contributed by atoms with Gasteiger partial charge in [0.1, 0.15) is 0 Å². The van der Waals surface area contributed by atoms with E-state index in [0.717, 1.165) is 32.2 Å². The maximum absolute atomic E-state index is 10.3. The fourth-order valence-corrected chi connectivity index (χ4v) is 4.59. The molecule has 0 spiro atoms. The van der Waals surface area contributed by atoms with Crippen molar-refractivity contribution in [2.75, 3.05) is 6.54 Å². The highest BCUT2D eigenvalue weighted by molar-refractivity contribution is 4.68. The van der Waals surface area contributed by atoms with Crippen LogP contribution in [0.2, 0.25) is 0 Å². The van der Waals surface area contributed by atoms with Crippen molar-refractivity contribution in [1.29, 1.82) is 0 Å². The molecular formula is C28H60N2O. The zero-order chi connectivity index (χ0) is 22.8. The second-order valence-electron chi connectivity index (χ2n) is 10.1. The Balaban J connectivity index is 3.28. The third-order valence-corrected chi connectivity index (χ3v) is 6.74. The van der Waals surface area contributed by atoms with Crippen LogP contribution in [0.15, 0.2) is 0 Å². The molecule has 2 unspecified atom stereocenters. The second kappa shape index (κ2) is 26.1. The van der Waals surface area contributed by atoms with Crippen molar-refractivity contribution in [3.05, 3.63) is 0 Å². The van der Waals surface area contributed by atoms with E-state index in [-0.39, 0.29) is 12.1 Å². The summed E-state index contributed by atoms with van der Waals surface area (Å²) in [6, 6.07) is 0.184. The van der Waals surface area contributed by atoms with Gasteiger partial charge in [0.2, 0.25) is 0 Å². The molecule has 2 atom stereocenters. The molecule has 0 saturated carbocycles. The molecule has 0 aliphatic heterocycles. The molecule has 0 bridgehead atoms. The summed E-state index contributed by atoms with van der Waals surface area (Å²) in [5.41, 5.74) is 11.8. The first kappa shape index (κ1) is 30.9. The average Bonchev–Trinajstić information content (AvgIpc) is 2.75. The number of hydrogen-bond acceptors (Lipinski definition) is 3. The van der Waals surface area contributed by atoms with Crippen LogP contribution in [-0.2, 0) is 0 Å². The topological polar surface area (TPSA) is 72.3 Å². The molecule has 0 rings (SSSR count). The van der Waals surface area contributed by atoms with Gasteiger partial charge in [-0.2, -0.15) is 0 Å². The maximum Gasteiger partial charge on any atom is 0.0555 e. The SMILES string of the molecule is CCCCCCCCCCCCCCC(O)CC(N)CCCCCCCCCCCN. The number of aliphatic hydroxyl groups is 1. The van der Waals surface area contributed by atoms with E-state index in [4.69, 9.17) is 11.5 Å². The Morgan fingerprint density at radius 3 is 1.29 bits per heavy atom. The van der Waals surface area contributed by atoms with E-state index in [1.165, 1.54) is 128 Å². The molecule has 0 aliphatic rings. The molecule has 31 heavy (non-hydrogen) atoms. The number of hydrogen-bond donors (Lipinski definition) is 3. The molecule has 188 valence electrons. The normalized spacial score (nSPS) is 13.5. The van der Waals surface area contributed by atoms with Gasteiger partial charge >= 0.3 is 0 Å². The van der Waals surface area contributed by atoms with Gasteiger partial charge in [-0.1, -0.05) is 135 Å². The highest BCUT2D eigenvalue weighted by atomic mass is 16.3. The van der Waals surface area contributed by atoms with Crippen molar-refractivity contribution in [3.8, 4) is 0 Å². The average molecular weight is 441 g/mol. The Bertz CT molecular complexity index is 324. The van der Waals surface area contributed by atoms with Gasteiger partial charge in [-0.15, -0.1) is 0 Å². The van der Waals surface area contributed by atoms with E-state index in [9.17, 15) is 5.11 Å². The van der Waals surface area contributed by atoms with Gasteiger partial charge < -0.3 is 16.6 Å². The summed E-state index contributed by atoms with van der Waals surface area (Å²) in [7, 11) is 0. The number of nitrogens with two attached hydrogens (primary N) is 2. The first-order valence-electron chi connectivity index (χ1n) is 14.3. The predicted octanol–water partition coefficient (Wildman–Crippen LogP) is 8.02. The fraction of sp³-hybridized carbons (Fsp3) is 1.00. The van der Waals surface area contributed by atoms with Crippen LogP contribution in [0.25, 0.3) is 0 Å². The summed E-state index contributed by atoms with van der Waals surface area (Å²) < 4.78 is 0. The fourth-order valence-electron chi connectivity index (χ4n) is 4.59. The Labute approximate surface area is 196 Å². The second-order valence-corrected chi connectivity index (χ2v) is 10.1. The van der Waals surface area contributed by atoms with Crippen LogP contribution < -0.4 is 11.5 Å². The van der Waals surface area contributed by atoms with E-state index < -0.39 is 0 Å². The predicted molar refractivity (Wildman–Crippen MR) is 140 cm³/mol. The largest absolute Gasteiger partial charge is 0.393 e. The van der Waals surface area contributed by atoms with Gasteiger partial charge in [0.05, 0.1) is 6.10 Å². The lowest BCUT2D eigenvalue weighted by atomic mass is 9.98. The molecule has 0 aromatic rings. The van der Waals surface area contributed by atoms with Crippen molar-refractivity contribution in [1.82, 2.24) is 0 Å². The molecule has 0 aromatic carbocycles. The minimum Gasteiger partial charge on any atom is -0.393 e. The van der Waals surface area contributed by atoms with Crippen LogP contribution in [0.3, 0.4) is 0 Å². The Hall–Kier alpha value is -0.120. The lowest BCUT2D eigenvalue weighted by Crippen LogP contribution is -2.26. The standard InChI is InChI=1S/C28H60N2O/c1-2-3-4-5-6-7-8-9-12-15-18-21-24-28(31)26-27(30)23-20-17-14-11-10-13-16-19-22-25-29/h27-28,31H,2-26,29-30H2,1H3. The van der Waals surface area contributed by atoms with Gasteiger partial charge in [-0.05, 0) is 32.2 Å². The van der Waals surface area contributed by atoms with Crippen LogP contribution >= 0.6 is 0 Å².